The van der Waals surface area contributed by atoms with Crippen molar-refractivity contribution >= 4 is 23.2 Å². The van der Waals surface area contributed by atoms with Crippen LogP contribution in [0.5, 0.6) is 0 Å². The van der Waals surface area contributed by atoms with Gasteiger partial charge in [-0.25, -0.2) is 0 Å². The Morgan fingerprint density at radius 1 is 1.16 bits per heavy atom. The number of aryl methyl sites for hydroxylation is 1. The Morgan fingerprint density at radius 2 is 1.97 bits per heavy atom. The van der Waals surface area contributed by atoms with E-state index in [-0.39, 0.29) is 0 Å². The van der Waals surface area contributed by atoms with E-state index in [9.17, 15) is 0 Å². The zero-order valence-electron chi connectivity index (χ0n) is 18.9. The highest BCUT2D eigenvalue weighted by molar-refractivity contribution is 5.56. The molecule has 1 aliphatic rings. The van der Waals surface area contributed by atoms with Gasteiger partial charge in [0.1, 0.15) is 0 Å². The molecule has 0 unspecified atom stereocenters. The summed E-state index contributed by atoms with van der Waals surface area (Å²) in [6, 6.07) is 6.81. The number of hydrogen-bond acceptors (Lipinski definition) is 7. The van der Waals surface area contributed by atoms with Gasteiger partial charge in [0, 0.05) is 44.1 Å². The molecule has 0 aliphatic carbocycles. The fraction of sp³-hybridized carbons (Fsp3) is 0.522. The molecule has 31 heavy (non-hydrogen) atoms. The van der Waals surface area contributed by atoms with Crippen LogP contribution in [0, 0.1) is 0 Å². The van der Waals surface area contributed by atoms with E-state index in [0.717, 1.165) is 49.4 Å². The van der Waals surface area contributed by atoms with Gasteiger partial charge in [-0.3, -0.25) is 0 Å². The van der Waals surface area contributed by atoms with E-state index < -0.39 is 0 Å². The molecular formula is C23H33N7O. The second kappa shape index (κ2) is 9.51. The summed E-state index contributed by atoms with van der Waals surface area (Å²) >= 11 is 0. The summed E-state index contributed by atoms with van der Waals surface area (Å²) in [5.41, 5.74) is 5.63. The molecule has 3 N–H and O–H groups in total. The molecule has 3 heterocycles. The average Bonchev–Trinajstić information content (AvgIpc) is 3.22. The maximum atomic E-state index is 5.49. The maximum Gasteiger partial charge on any atom is 0.229 e. The van der Waals surface area contributed by atoms with E-state index >= 15 is 0 Å². The van der Waals surface area contributed by atoms with Crippen LogP contribution in [0.2, 0.25) is 0 Å². The first-order valence-corrected chi connectivity index (χ1v) is 11.2. The molecule has 0 bridgehead atoms. The number of anilines is 3. The molecule has 8 nitrogen and oxygen atoms in total. The van der Waals surface area contributed by atoms with Crippen LogP contribution in [-0.4, -0.2) is 45.9 Å². The van der Waals surface area contributed by atoms with E-state index in [1.165, 1.54) is 11.1 Å². The standard InChI is InChI=1S/C23H33N7O/c1-5-16-6-7-19(24-4)12-17(16)13-25-23-29-22(27-18-8-10-31-11-9-18)28-21-20(15(2)3)14-26-30(21)23/h6-7,12,14-15,18,24H,5,8-11,13H2,1-4H3,(H2,25,27,28,29). The van der Waals surface area contributed by atoms with Crippen molar-refractivity contribution in [2.75, 3.05) is 36.2 Å². The molecule has 4 rings (SSSR count). The summed E-state index contributed by atoms with van der Waals surface area (Å²) < 4.78 is 7.30. The number of nitrogens with zero attached hydrogens (tertiary/aromatic N) is 4. The molecule has 1 aliphatic heterocycles. The zero-order chi connectivity index (χ0) is 21.8. The molecule has 0 radical (unpaired) electrons. The molecule has 166 valence electrons. The first kappa shape index (κ1) is 21.4. The van der Waals surface area contributed by atoms with Crippen molar-refractivity contribution in [3.63, 3.8) is 0 Å². The van der Waals surface area contributed by atoms with Crippen LogP contribution >= 0.6 is 0 Å². The van der Waals surface area contributed by atoms with Crippen molar-refractivity contribution in [2.24, 2.45) is 0 Å². The highest BCUT2D eigenvalue weighted by atomic mass is 16.5. The van der Waals surface area contributed by atoms with Crippen LogP contribution in [-0.2, 0) is 17.7 Å². The number of aromatic nitrogens is 4. The molecule has 3 aromatic rings. The second-order valence-corrected chi connectivity index (χ2v) is 8.33. The van der Waals surface area contributed by atoms with Gasteiger partial charge in [0.25, 0.3) is 0 Å². The minimum atomic E-state index is 0.327. The summed E-state index contributed by atoms with van der Waals surface area (Å²) in [6.45, 7) is 8.72. The van der Waals surface area contributed by atoms with E-state index in [1.807, 2.05) is 17.8 Å². The largest absolute Gasteiger partial charge is 0.388 e. The monoisotopic (exact) mass is 423 g/mol. The lowest BCUT2D eigenvalue weighted by Crippen LogP contribution is -2.29. The first-order chi connectivity index (χ1) is 15.1. The maximum absolute atomic E-state index is 5.49. The summed E-state index contributed by atoms with van der Waals surface area (Å²) in [5.74, 6) is 1.67. The van der Waals surface area contributed by atoms with Crippen molar-refractivity contribution in [3.05, 3.63) is 41.1 Å². The first-order valence-electron chi connectivity index (χ1n) is 11.2. The van der Waals surface area contributed by atoms with Crippen molar-refractivity contribution in [1.82, 2.24) is 19.6 Å². The van der Waals surface area contributed by atoms with Crippen molar-refractivity contribution in [3.8, 4) is 0 Å². The SMILES string of the molecule is CCc1ccc(NC)cc1CNc1nc(NC2CCOCC2)nc2c(C(C)C)cnn12. The van der Waals surface area contributed by atoms with E-state index in [4.69, 9.17) is 14.7 Å². The number of fused-ring (bicyclic) bond motifs is 1. The van der Waals surface area contributed by atoms with Gasteiger partial charge in [-0.1, -0.05) is 26.8 Å². The third-order valence-corrected chi connectivity index (χ3v) is 5.88. The Balaban J connectivity index is 1.65. The highest BCUT2D eigenvalue weighted by Crippen LogP contribution is 2.24. The summed E-state index contributed by atoms with van der Waals surface area (Å²) in [7, 11) is 1.94. The third-order valence-electron chi connectivity index (χ3n) is 5.88. The lowest BCUT2D eigenvalue weighted by Gasteiger charge is -2.23. The number of rotatable bonds is 8. The van der Waals surface area contributed by atoms with Gasteiger partial charge in [0.2, 0.25) is 11.9 Å². The highest BCUT2D eigenvalue weighted by Gasteiger charge is 2.19. The van der Waals surface area contributed by atoms with Crippen LogP contribution in [0.1, 0.15) is 56.2 Å². The van der Waals surface area contributed by atoms with Crippen LogP contribution in [0.3, 0.4) is 0 Å². The summed E-state index contributed by atoms with van der Waals surface area (Å²) in [4.78, 5) is 9.61. The molecule has 0 spiro atoms. The summed E-state index contributed by atoms with van der Waals surface area (Å²) in [6.07, 6.45) is 4.81. The predicted octanol–water partition coefficient (Wildman–Crippen LogP) is 4.05. The lowest BCUT2D eigenvalue weighted by atomic mass is 10.0. The Labute approximate surface area is 183 Å². The van der Waals surface area contributed by atoms with Crippen molar-refractivity contribution in [2.45, 2.75) is 58.5 Å². The average molecular weight is 424 g/mol. The quantitative estimate of drug-likeness (QED) is 0.504. The molecule has 1 aromatic carbocycles. The third kappa shape index (κ3) is 4.74. The Kier molecular flexibility index (Phi) is 6.56. The van der Waals surface area contributed by atoms with Crippen LogP contribution in [0.25, 0.3) is 5.65 Å². The molecule has 1 fully saturated rings. The minimum absolute atomic E-state index is 0.327. The van der Waals surface area contributed by atoms with Gasteiger partial charge in [-0.15, -0.1) is 0 Å². The normalized spacial score (nSPS) is 14.9. The van der Waals surface area contributed by atoms with Crippen molar-refractivity contribution < 1.29 is 4.74 Å². The number of hydrogen-bond donors (Lipinski definition) is 3. The Bertz CT molecular complexity index is 1020. The summed E-state index contributed by atoms with van der Waals surface area (Å²) in [5, 5.41) is 14.8. The zero-order valence-corrected chi connectivity index (χ0v) is 18.9. The minimum Gasteiger partial charge on any atom is -0.388 e. The van der Waals surface area contributed by atoms with Gasteiger partial charge < -0.3 is 20.7 Å². The van der Waals surface area contributed by atoms with Gasteiger partial charge in [-0.2, -0.15) is 19.6 Å². The fourth-order valence-electron chi connectivity index (χ4n) is 3.97. The van der Waals surface area contributed by atoms with E-state index in [0.29, 0.717) is 30.4 Å². The molecule has 8 heteroatoms. The van der Waals surface area contributed by atoms with Gasteiger partial charge in [-0.05, 0) is 48.4 Å². The van der Waals surface area contributed by atoms with Crippen LogP contribution in [0.4, 0.5) is 17.6 Å². The second-order valence-electron chi connectivity index (χ2n) is 8.33. The molecule has 0 amide bonds. The van der Waals surface area contributed by atoms with Crippen molar-refractivity contribution in [1.29, 1.82) is 0 Å². The molecule has 1 saturated heterocycles. The Hall–Kier alpha value is -2.87. The van der Waals surface area contributed by atoms with Crippen LogP contribution < -0.4 is 16.0 Å². The van der Waals surface area contributed by atoms with Gasteiger partial charge >= 0.3 is 0 Å². The number of nitrogens with one attached hydrogen (secondary N) is 3. The van der Waals surface area contributed by atoms with Crippen LogP contribution in [0.15, 0.2) is 24.4 Å². The number of ether oxygens (including phenoxy) is 1. The fourth-order valence-corrected chi connectivity index (χ4v) is 3.97. The van der Waals surface area contributed by atoms with E-state index in [1.54, 1.807) is 0 Å². The van der Waals surface area contributed by atoms with Gasteiger partial charge in [0.15, 0.2) is 5.65 Å². The molecule has 0 atom stereocenters. The van der Waals surface area contributed by atoms with Gasteiger partial charge in [0.05, 0.1) is 6.20 Å². The molecule has 0 saturated carbocycles. The smallest absolute Gasteiger partial charge is 0.229 e. The number of benzene rings is 1. The lowest BCUT2D eigenvalue weighted by molar-refractivity contribution is 0.0903. The molecule has 2 aromatic heterocycles. The molecular weight excluding hydrogens is 390 g/mol. The Morgan fingerprint density at radius 3 is 2.68 bits per heavy atom. The topological polar surface area (TPSA) is 88.4 Å². The predicted molar refractivity (Wildman–Crippen MR) is 125 cm³/mol. The van der Waals surface area contributed by atoms with E-state index in [2.05, 4.69) is 60.0 Å².